The second-order valence-corrected chi connectivity index (χ2v) is 6.67. The molecule has 1 aromatic heterocycles. The Morgan fingerprint density at radius 3 is 2.71 bits per heavy atom. The molecule has 3 atom stereocenters. The summed E-state index contributed by atoms with van der Waals surface area (Å²) in [7, 11) is 0. The van der Waals surface area contributed by atoms with E-state index in [0.717, 1.165) is 36.1 Å². The molecule has 1 unspecified atom stereocenters. The normalized spacial score (nSPS) is 21.9. The molecule has 1 fully saturated rings. The van der Waals surface area contributed by atoms with Gasteiger partial charge in [-0.05, 0) is 56.0 Å². The molecule has 1 aliphatic rings. The van der Waals surface area contributed by atoms with Crippen molar-refractivity contribution < 1.29 is 4.79 Å². The van der Waals surface area contributed by atoms with Gasteiger partial charge >= 0.3 is 0 Å². The van der Waals surface area contributed by atoms with Crippen molar-refractivity contribution in [3.63, 3.8) is 0 Å². The van der Waals surface area contributed by atoms with Gasteiger partial charge in [-0.3, -0.25) is 9.78 Å². The molecule has 0 radical (unpaired) electrons. The number of carbonyl (C=O) groups excluding carboxylic acids is 1. The number of hydrogen-bond acceptors (Lipinski definition) is 3. The number of pyridine rings is 1. The molecular formula is C20H25N3O. The van der Waals surface area contributed by atoms with Crippen molar-refractivity contribution in [3.05, 3.63) is 54.4 Å². The highest BCUT2D eigenvalue weighted by Crippen LogP contribution is 2.22. The van der Waals surface area contributed by atoms with Crippen molar-refractivity contribution in [1.82, 2.24) is 15.6 Å². The first-order valence-corrected chi connectivity index (χ1v) is 8.67. The van der Waals surface area contributed by atoms with Crippen molar-refractivity contribution in [2.45, 2.75) is 38.8 Å². The lowest BCUT2D eigenvalue weighted by Crippen LogP contribution is -2.42. The van der Waals surface area contributed by atoms with Crippen LogP contribution in [0.4, 0.5) is 0 Å². The average molecular weight is 323 g/mol. The summed E-state index contributed by atoms with van der Waals surface area (Å²) in [6.45, 7) is 5.11. The lowest BCUT2D eigenvalue weighted by Gasteiger charge is -2.28. The highest BCUT2D eigenvalue weighted by atomic mass is 16.1. The number of benzene rings is 1. The first kappa shape index (κ1) is 16.7. The maximum Gasteiger partial charge on any atom is 0.223 e. The van der Waals surface area contributed by atoms with E-state index in [0.29, 0.717) is 6.04 Å². The van der Waals surface area contributed by atoms with Crippen LogP contribution in [0, 0.1) is 5.92 Å². The number of hydrogen-bond donors (Lipinski definition) is 2. The maximum absolute atomic E-state index is 12.5. The number of rotatable bonds is 4. The molecule has 0 spiro atoms. The van der Waals surface area contributed by atoms with E-state index in [1.54, 1.807) is 6.20 Å². The minimum absolute atomic E-state index is 0.0191. The van der Waals surface area contributed by atoms with Gasteiger partial charge in [0.05, 0.1) is 6.04 Å². The monoisotopic (exact) mass is 323 g/mol. The van der Waals surface area contributed by atoms with Crippen molar-refractivity contribution >= 4 is 5.91 Å². The summed E-state index contributed by atoms with van der Waals surface area (Å²) >= 11 is 0. The number of nitrogens with zero attached hydrogens (tertiary/aromatic N) is 1. The zero-order valence-corrected chi connectivity index (χ0v) is 14.3. The number of carbonyl (C=O) groups is 1. The van der Waals surface area contributed by atoms with E-state index in [9.17, 15) is 4.79 Å². The fourth-order valence-corrected chi connectivity index (χ4v) is 3.28. The molecule has 126 valence electrons. The van der Waals surface area contributed by atoms with E-state index in [-0.39, 0.29) is 17.9 Å². The largest absolute Gasteiger partial charge is 0.349 e. The summed E-state index contributed by atoms with van der Waals surface area (Å²) < 4.78 is 0. The van der Waals surface area contributed by atoms with E-state index >= 15 is 0 Å². The van der Waals surface area contributed by atoms with Crippen molar-refractivity contribution in [1.29, 1.82) is 0 Å². The Morgan fingerprint density at radius 1 is 1.25 bits per heavy atom. The summed E-state index contributed by atoms with van der Waals surface area (Å²) in [5, 5.41) is 6.56. The van der Waals surface area contributed by atoms with E-state index in [1.165, 1.54) is 0 Å². The van der Waals surface area contributed by atoms with Crippen LogP contribution < -0.4 is 10.6 Å². The second-order valence-electron chi connectivity index (χ2n) is 6.67. The average Bonchev–Trinajstić information content (AvgIpc) is 2.62. The van der Waals surface area contributed by atoms with Gasteiger partial charge in [-0.15, -0.1) is 0 Å². The molecule has 2 aromatic rings. The third kappa shape index (κ3) is 4.01. The van der Waals surface area contributed by atoms with E-state index in [4.69, 9.17) is 0 Å². The molecule has 2 heterocycles. The Kier molecular flexibility index (Phi) is 5.26. The topological polar surface area (TPSA) is 54.0 Å². The quantitative estimate of drug-likeness (QED) is 0.907. The van der Waals surface area contributed by atoms with Gasteiger partial charge in [-0.25, -0.2) is 0 Å². The molecule has 2 N–H and O–H groups in total. The smallest absolute Gasteiger partial charge is 0.223 e. The van der Waals surface area contributed by atoms with Gasteiger partial charge < -0.3 is 10.6 Å². The number of aromatic nitrogens is 1. The summed E-state index contributed by atoms with van der Waals surface area (Å²) in [6.07, 6.45) is 5.47. The minimum Gasteiger partial charge on any atom is -0.349 e. The Hall–Kier alpha value is -2.20. The number of piperidine rings is 1. The van der Waals surface area contributed by atoms with Crippen LogP contribution in [0.3, 0.4) is 0 Å². The zero-order chi connectivity index (χ0) is 16.9. The lowest BCUT2D eigenvalue weighted by atomic mass is 9.92. The molecule has 24 heavy (non-hydrogen) atoms. The highest BCUT2D eigenvalue weighted by molar-refractivity contribution is 5.79. The van der Waals surface area contributed by atoms with Crippen LogP contribution in [0.15, 0.2) is 48.8 Å². The molecule has 4 nitrogen and oxygen atoms in total. The Bertz CT molecular complexity index is 669. The summed E-state index contributed by atoms with van der Waals surface area (Å²) in [6, 6.07) is 12.8. The van der Waals surface area contributed by atoms with Crippen LogP contribution in [0.25, 0.3) is 11.1 Å². The van der Waals surface area contributed by atoms with E-state index < -0.39 is 0 Å². The van der Waals surface area contributed by atoms with Crippen LogP contribution in [-0.4, -0.2) is 23.5 Å². The predicted molar refractivity (Wildman–Crippen MR) is 96.4 cm³/mol. The number of amides is 1. The molecular weight excluding hydrogens is 298 g/mol. The fourth-order valence-electron chi connectivity index (χ4n) is 3.28. The second kappa shape index (κ2) is 7.58. The van der Waals surface area contributed by atoms with E-state index in [1.807, 2.05) is 25.3 Å². The van der Waals surface area contributed by atoms with Gasteiger partial charge in [0, 0.05) is 24.4 Å². The van der Waals surface area contributed by atoms with Crippen molar-refractivity contribution in [3.8, 4) is 11.1 Å². The summed E-state index contributed by atoms with van der Waals surface area (Å²) in [4.78, 5) is 16.6. The summed E-state index contributed by atoms with van der Waals surface area (Å²) in [5.74, 6) is 0.297. The highest BCUT2D eigenvalue weighted by Gasteiger charge is 2.25. The summed E-state index contributed by atoms with van der Waals surface area (Å²) in [5.41, 5.74) is 3.36. The third-order valence-corrected chi connectivity index (χ3v) is 4.76. The molecule has 0 aliphatic carbocycles. The van der Waals surface area contributed by atoms with Gasteiger partial charge in [0.15, 0.2) is 0 Å². The Morgan fingerprint density at radius 2 is 2.04 bits per heavy atom. The fraction of sp³-hybridized carbons (Fsp3) is 0.400. The third-order valence-electron chi connectivity index (χ3n) is 4.76. The van der Waals surface area contributed by atoms with Crippen LogP contribution >= 0.6 is 0 Å². The van der Waals surface area contributed by atoms with Gasteiger partial charge in [0.2, 0.25) is 5.91 Å². The van der Waals surface area contributed by atoms with Gasteiger partial charge in [-0.1, -0.05) is 30.3 Å². The lowest BCUT2D eigenvalue weighted by molar-refractivity contribution is -0.126. The molecule has 1 aromatic carbocycles. The number of nitrogens with one attached hydrogen (secondary N) is 2. The molecule has 4 heteroatoms. The molecule has 3 rings (SSSR count). The van der Waals surface area contributed by atoms with Crippen molar-refractivity contribution in [2.75, 3.05) is 6.54 Å². The SMILES string of the molecule is CC(NC(=O)[C@H]1CCN[C@@H](C)C1)c1ccc(-c2cccnc2)cc1. The van der Waals surface area contributed by atoms with Crippen molar-refractivity contribution in [2.24, 2.45) is 5.92 Å². The van der Waals surface area contributed by atoms with Gasteiger partial charge in [-0.2, -0.15) is 0 Å². The zero-order valence-electron chi connectivity index (χ0n) is 14.3. The van der Waals surface area contributed by atoms with Crippen LogP contribution in [0.5, 0.6) is 0 Å². The van der Waals surface area contributed by atoms with Crippen LogP contribution in [0.1, 0.15) is 38.3 Å². The molecule has 0 bridgehead atoms. The predicted octanol–water partition coefficient (Wildman–Crippen LogP) is 3.31. The van der Waals surface area contributed by atoms with Crippen LogP contribution in [-0.2, 0) is 4.79 Å². The van der Waals surface area contributed by atoms with Gasteiger partial charge in [0.25, 0.3) is 0 Å². The van der Waals surface area contributed by atoms with E-state index in [2.05, 4.69) is 46.8 Å². The maximum atomic E-state index is 12.5. The molecule has 1 saturated heterocycles. The molecule has 1 amide bonds. The standard InChI is InChI=1S/C20H25N3O/c1-14-12-18(9-11-22-14)20(24)23-15(2)16-5-7-17(8-6-16)19-4-3-10-21-13-19/h3-8,10,13-15,18,22H,9,11-12H2,1-2H3,(H,23,24)/t14-,15?,18-/m0/s1. The Balaban J connectivity index is 1.62. The molecule has 1 aliphatic heterocycles. The van der Waals surface area contributed by atoms with Crippen LogP contribution in [0.2, 0.25) is 0 Å². The Labute approximate surface area is 143 Å². The van der Waals surface area contributed by atoms with Gasteiger partial charge in [0.1, 0.15) is 0 Å². The first-order chi connectivity index (χ1) is 11.6. The first-order valence-electron chi connectivity index (χ1n) is 8.67. The minimum atomic E-state index is 0.0191. The molecule has 0 saturated carbocycles.